The monoisotopic (exact) mass is 406 g/mol. The molecule has 0 aliphatic rings. The van der Waals surface area contributed by atoms with Crippen LogP contribution in [-0.4, -0.2) is 22.5 Å². The van der Waals surface area contributed by atoms with Gasteiger partial charge in [0.25, 0.3) is 0 Å². The third kappa shape index (κ3) is 4.66. The number of aryl methyl sites for hydroxylation is 2. The Morgan fingerprint density at radius 2 is 1.76 bits per heavy atom. The summed E-state index contributed by atoms with van der Waals surface area (Å²) in [6.07, 6.45) is 5.77. The molecule has 0 N–H and O–H groups in total. The Hall–Kier alpha value is -3.54. The van der Waals surface area contributed by atoms with E-state index in [-0.39, 0.29) is 4.90 Å². The molecule has 0 radical (unpaired) electrons. The van der Waals surface area contributed by atoms with Gasteiger partial charge in [0.15, 0.2) is 0 Å². The molecule has 0 spiro atoms. The lowest BCUT2D eigenvalue weighted by Gasteiger charge is -2.05. The van der Waals surface area contributed by atoms with Gasteiger partial charge in [0, 0.05) is 11.6 Å². The molecule has 2 aromatic carbocycles. The van der Waals surface area contributed by atoms with Crippen LogP contribution >= 0.6 is 0 Å². The van der Waals surface area contributed by atoms with Crippen LogP contribution in [0.5, 0.6) is 0 Å². The van der Waals surface area contributed by atoms with E-state index in [9.17, 15) is 13.0 Å². The Kier molecular flexibility index (Phi) is 5.73. The highest BCUT2D eigenvalue weighted by molar-refractivity contribution is 7.85. The van der Waals surface area contributed by atoms with Crippen LogP contribution in [0.25, 0.3) is 17.0 Å². The van der Waals surface area contributed by atoms with Crippen LogP contribution in [0.15, 0.2) is 78.1 Å². The molecule has 0 amide bonds. The molecule has 0 unspecified atom stereocenters. The molecule has 146 valence electrons. The van der Waals surface area contributed by atoms with Crippen molar-refractivity contribution in [1.82, 2.24) is 9.55 Å². The fourth-order valence-corrected chi connectivity index (χ4v) is 3.22. The SMILES string of the molecule is Cc1ccc(S(=O)(=O)[O-])cc1.Cn1c(-c2ccc(C#N)cc2)c[n+]2cccnc12. The zero-order valence-electron chi connectivity index (χ0n) is 15.9. The molecule has 4 aromatic rings. The maximum atomic E-state index is 10.4. The van der Waals surface area contributed by atoms with Gasteiger partial charge in [0.05, 0.1) is 29.8 Å². The molecule has 0 aliphatic heterocycles. The molecule has 7 nitrogen and oxygen atoms in total. The average Bonchev–Trinajstić information content (AvgIpc) is 3.05. The van der Waals surface area contributed by atoms with Gasteiger partial charge in [-0.15, -0.1) is 0 Å². The number of fused-ring (bicyclic) bond motifs is 1. The first-order valence-electron chi connectivity index (χ1n) is 8.64. The number of imidazole rings is 1. The summed E-state index contributed by atoms with van der Waals surface area (Å²) >= 11 is 0. The summed E-state index contributed by atoms with van der Waals surface area (Å²) in [5, 5.41) is 8.80. The van der Waals surface area contributed by atoms with Crippen LogP contribution in [0.3, 0.4) is 0 Å². The molecule has 0 fully saturated rings. The Morgan fingerprint density at radius 1 is 1.10 bits per heavy atom. The van der Waals surface area contributed by atoms with Gasteiger partial charge in [-0.3, -0.25) is 0 Å². The van der Waals surface area contributed by atoms with Crippen LogP contribution in [0.2, 0.25) is 0 Å². The quantitative estimate of drug-likeness (QED) is 0.376. The van der Waals surface area contributed by atoms with Crippen molar-refractivity contribution in [2.45, 2.75) is 11.8 Å². The predicted octanol–water partition coefficient (Wildman–Crippen LogP) is 2.60. The molecule has 2 aromatic heterocycles. The molecule has 4 rings (SSSR count). The third-order valence-electron chi connectivity index (χ3n) is 4.30. The van der Waals surface area contributed by atoms with Crippen LogP contribution in [0.1, 0.15) is 11.1 Å². The van der Waals surface area contributed by atoms with Gasteiger partial charge in [-0.05, 0) is 31.2 Å². The Balaban J connectivity index is 0.000000188. The van der Waals surface area contributed by atoms with E-state index in [1.54, 1.807) is 18.3 Å². The first-order valence-corrected chi connectivity index (χ1v) is 10.1. The van der Waals surface area contributed by atoms with Crippen LogP contribution < -0.4 is 4.40 Å². The number of benzene rings is 2. The predicted molar refractivity (Wildman–Crippen MR) is 106 cm³/mol. The van der Waals surface area contributed by atoms with Crippen molar-refractivity contribution < 1.29 is 17.4 Å². The van der Waals surface area contributed by atoms with E-state index >= 15 is 0 Å². The van der Waals surface area contributed by atoms with Crippen molar-refractivity contribution in [3.63, 3.8) is 0 Å². The third-order valence-corrected chi connectivity index (χ3v) is 5.15. The minimum atomic E-state index is -4.27. The van der Waals surface area contributed by atoms with Gasteiger partial charge in [-0.25, -0.2) is 17.4 Å². The molecule has 2 heterocycles. The first-order chi connectivity index (χ1) is 13.8. The van der Waals surface area contributed by atoms with Gasteiger partial charge in [0.2, 0.25) is 0 Å². The van der Waals surface area contributed by atoms with Gasteiger partial charge < -0.3 is 4.55 Å². The standard InChI is InChI=1S/C14H11N4.C7H8O3S/c1-17-13(10-18-8-2-7-16-14(17)18)12-5-3-11(9-15)4-6-12;1-6-2-4-7(5-3-6)11(8,9)10/h2-8,10H,1H3;2-5H,1H3,(H,8,9,10)/q+1;/p-1. The van der Waals surface area contributed by atoms with Crippen LogP contribution in [0.4, 0.5) is 0 Å². The molecule has 0 aliphatic carbocycles. The number of nitrogens with zero attached hydrogens (tertiary/aromatic N) is 4. The second-order valence-corrected chi connectivity index (χ2v) is 7.74. The lowest BCUT2D eigenvalue weighted by molar-refractivity contribution is -0.513. The number of rotatable bonds is 2. The molecule has 0 bridgehead atoms. The summed E-state index contributed by atoms with van der Waals surface area (Å²) in [4.78, 5) is 4.16. The molecule has 0 atom stereocenters. The molecule has 29 heavy (non-hydrogen) atoms. The maximum absolute atomic E-state index is 10.4. The Bertz CT molecular complexity index is 1290. The summed E-state index contributed by atoms with van der Waals surface area (Å²) in [7, 11) is -2.29. The molecule has 8 heteroatoms. The minimum Gasteiger partial charge on any atom is -0.744 e. The molecular weight excluding hydrogens is 388 g/mol. The number of aromatic nitrogens is 3. The van der Waals surface area contributed by atoms with E-state index < -0.39 is 10.1 Å². The number of nitriles is 1. The van der Waals surface area contributed by atoms with Crippen molar-refractivity contribution in [3.8, 4) is 17.3 Å². The van der Waals surface area contributed by atoms with Gasteiger partial charge in [0.1, 0.15) is 28.2 Å². The Morgan fingerprint density at radius 3 is 2.31 bits per heavy atom. The summed E-state index contributed by atoms with van der Waals surface area (Å²) in [6, 6.07) is 17.4. The van der Waals surface area contributed by atoms with E-state index in [0.717, 1.165) is 22.6 Å². The largest absolute Gasteiger partial charge is 0.744 e. The van der Waals surface area contributed by atoms with E-state index in [1.807, 2.05) is 65.7 Å². The van der Waals surface area contributed by atoms with E-state index in [0.29, 0.717) is 5.56 Å². The molecule has 0 saturated carbocycles. The number of hydrogen-bond acceptors (Lipinski definition) is 5. The number of hydrogen-bond donors (Lipinski definition) is 0. The van der Waals surface area contributed by atoms with E-state index in [2.05, 4.69) is 11.1 Å². The van der Waals surface area contributed by atoms with Crippen molar-refractivity contribution >= 4 is 15.9 Å². The van der Waals surface area contributed by atoms with E-state index in [1.165, 1.54) is 12.1 Å². The average molecular weight is 406 g/mol. The summed E-state index contributed by atoms with van der Waals surface area (Å²) < 4.78 is 35.2. The van der Waals surface area contributed by atoms with Crippen molar-refractivity contribution in [3.05, 3.63) is 84.3 Å². The lowest BCUT2D eigenvalue weighted by atomic mass is 10.1. The lowest BCUT2D eigenvalue weighted by Crippen LogP contribution is -2.19. The second kappa shape index (κ2) is 8.22. The smallest absolute Gasteiger partial charge is 0.403 e. The van der Waals surface area contributed by atoms with Crippen molar-refractivity contribution in [2.75, 3.05) is 0 Å². The fourth-order valence-electron chi connectivity index (χ4n) is 2.75. The van der Waals surface area contributed by atoms with Crippen LogP contribution in [-0.2, 0) is 17.2 Å². The topological polar surface area (TPSA) is 103 Å². The zero-order chi connectivity index (χ0) is 21.0. The zero-order valence-corrected chi connectivity index (χ0v) is 16.7. The first kappa shape index (κ1) is 20.2. The van der Waals surface area contributed by atoms with Crippen molar-refractivity contribution in [2.24, 2.45) is 7.05 Å². The summed E-state index contributed by atoms with van der Waals surface area (Å²) in [6.45, 7) is 1.82. The van der Waals surface area contributed by atoms with E-state index in [4.69, 9.17) is 5.26 Å². The molecule has 0 saturated heterocycles. The second-order valence-electron chi connectivity index (χ2n) is 6.36. The minimum absolute atomic E-state index is 0.178. The van der Waals surface area contributed by atoms with Crippen LogP contribution in [0, 0.1) is 18.3 Å². The normalized spacial score (nSPS) is 10.8. The molecular formula is C21H18N4O3S. The highest BCUT2D eigenvalue weighted by Crippen LogP contribution is 2.19. The fraction of sp³-hybridized carbons (Fsp3) is 0.0952. The highest BCUT2D eigenvalue weighted by atomic mass is 32.2. The van der Waals surface area contributed by atoms with Gasteiger partial charge in [-0.1, -0.05) is 34.8 Å². The Labute approximate surface area is 168 Å². The summed E-state index contributed by atoms with van der Waals surface area (Å²) in [5.74, 6) is 0.886. The summed E-state index contributed by atoms with van der Waals surface area (Å²) in [5.41, 5.74) is 3.74. The maximum Gasteiger partial charge on any atom is 0.403 e. The van der Waals surface area contributed by atoms with Gasteiger partial charge >= 0.3 is 5.78 Å². The van der Waals surface area contributed by atoms with Crippen molar-refractivity contribution in [1.29, 1.82) is 5.26 Å². The van der Waals surface area contributed by atoms with Gasteiger partial charge in [-0.2, -0.15) is 5.26 Å². The highest BCUT2D eigenvalue weighted by Gasteiger charge is 2.15.